The summed E-state index contributed by atoms with van der Waals surface area (Å²) in [5.41, 5.74) is 3.22. The second-order valence-electron chi connectivity index (χ2n) is 6.73. The van der Waals surface area contributed by atoms with E-state index in [4.69, 9.17) is 27.9 Å². The van der Waals surface area contributed by atoms with Crippen LogP contribution in [0.4, 0.5) is 0 Å². The second-order valence-corrected chi connectivity index (χ2v) is 7.54. The molecule has 1 aliphatic rings. The van der Waals surface area contributed by atoms with Crippen LogP contribution in [-0.2, 0) is 20.9 Å². The third-order valence-corrected chi connectivity index (χ3v) is 5.19. The smallest absolute Gasteiger partial charge is 0.331 e. The molecule has 0 aliphatic heterocycles. The maximum atomic E-state index is 11.9. The minimum Gasteiger partial charge on any atom is -0.452 e. The van der Waals surface area contributed by atoms with E-state index in [0.717, 1.165) is 35.4 Å². The molecule has 6 nitrogen and oxygen atoms in total. The SMILES string of the molecule is Cc1nn(Cc2c(Cl)cccc2Cl)c(C)c1/C=C/C(=O)OCC(=O)NC1CC1. The summed E-state index contributed by atoms with van der Waals surface area (Å²) in [5, 5.41) is 8.42. The van der Waals surface area contributed by atoms with Gasteiger partial charge in [0.1, 0.15) is 0 Å². The minimum atomic E-state index is -0.577. The molecular formula is C20H21Cl2N3O3. The Hall–Kier alpha value is -2.31. The van der Waals surface area contributed by atoms with Gasteiger partial charge >= 0.3 is 5.97 Å². The van der Waals surface area contributed by atoms with Crippen LogP contribution >= 0.6 is 23.2 Å². The summed E-state index contributed by atoms with van der Waals surface area (Å²) in [6.07, 6.45) is 4.92. The molecule has 8 heteroatoms. The van der Waals surface area contributed by atoms with E-state index in [2.05, 4.69) is 10.4 Å². The largest absolute Gasteiger partial charge is 0.452 e. The number of aryl methyl sites for hydroxylation is 1. The lowest BCUT2D eigenvalue weighted by Crippen LogP contribution is -2.30. The highest BCUT2D eigenvalue weighted by Crippen LogP contribution is 2.26. The van der Waals surface area contributed by atoms with Crippen molar-refractivity contribution in [1.29, 1.82) is 0 Å². The van der Waals surface area contributed by atoms with Gasteiger partial charge in [0, 0.05) is 39.0 Å². The standard InChI is InChI=1S/C20H21Cl2N3O3/c1-12-15(8-9-20(27)28-11-19(26)23-14-6-7-14)13(2)25(24-12)10-16-17(21)4-3-5-18(16)22/h3-5,8-9,14H,6-7,10-11H2,1-2H3,(H,23,26)/b9-8+. The fourth-order valence-electron chi connectivity index (χ4n) is 2.77. The van der Waals surface area contributed by atoms with Gasteiger partial charge in [-0.25, -0.2) is 4.79 Å². The Morgan fingerprint density at radius 1 is 1.29 bits per heavy atom. The van der Waals surface area contributed by atoms with Crippen molar-refractivity contribution in [3.05, 3.63) is 56.8 Å². The Labute approximate surface area is 173 Å². The Morgan fingerprint density at radius 2 is 1.96 bits per heavy atom. The van der Waals surface area contributed by atoms with Gasteiger partial charge in [0.25, 0.3) is 5.91 Å². The van der Waals surface area contributed by atoms with Gasteiger partial charge in [-0.05, 0) is 44.9 Å². The second kappa shape index (κ2) is 8.80. The fourth-order valence-corrected chi connectivity index (χ4v) is 3.29. The van der Waals surface area contributed by atoms with Crippen LogP contribution in [0.2, 0.25) is 10.0 Å². The van der Waals surface area contributed by atoms with Crippen molar-refractivity contribution in [1.82, 2.24) is 15.1 Å². The molecule has 2 aromatic rings. The summed E-state index contributed by atoms with van der Waals surface area (Å²) in [6.45, 7) is 3.90. The van der Waals surface area contributed by atoms with E-state index >= 15 is 0 Å². The molecule has 1 aromatic heterocycles. The lowest BCUT2D eigenvalue weighted by molar-refractivity contribution is -0.143. The van der Waals surface area contributed by atoms with Crippen molar-refractivity contribution >= 4 is 41.2 Å². The highest BCUT2D eigenvalue weighted by Gasteiger charge is 2.23. The number of ether oxygens (including phenoxy) is 1. The molecule has 0 unspecified atom stereocenters. The van der Waals surface area contributed by atoms with Crippen LogP contribution in [0.1, 0.15) is 35.4 Å². The normalized spacial score (nSPS) is 13.7. The minimum absolute atomic E-state index is 0.240. The van der Waals surface area contributed by atoms with E-state index in [9.17, 15) is 9.59 Å². The number of halogens is 2. The molecule has 0 spiro atoms. The number of nitrogens with zero attached hydrogens (tertiary/aromatic N) is 2. The third kappa shape index (κ3) is 5.14. The first-order valence-corrected chi connectivity index (χ1v) is 9.72. The Balaban J connectivity index is 1.65. The number of nitrogens with one attached hydrogen (secondary N) is 1. The third-order valence-electron chi connectivity index (χ3n) is 4.48. The van der Waals surface area contributed by atoms with Gasteiger partial charge < -0.3 is 10.1 Å². The van der Waals surface area contributed by atoms with Crippen molar-refractivity contribution < 1.29 is 14.3 Å². The van der Waals surface area contributed by atoms with Crippen LogP contribution in [0.15, 0.2) is 24.3 Å². The van der Waals surface area contributed by atoms with Crippen molar-refractivity contribution in [3.63, 3.8) is 0 Å². The number of hydrogen-bond donors (Lipinski definition) is 1. The van der Waals surface area contributed by atoms with Crippen molar-refractivity contribution in [2.75, 3.05) is 6.61 Å². The maximum absolute atomic E-state index is 11.9. The summed E-state index contributed by atoms with van der Waals surface area (Å²) in [6, 6.07) is 5.60. The molecule has 1 heterocycles. The van der Waals surface area contributed by atoms with Crippen LogP contribution in [-0.4, -0.2) is 34.3 Å². The van der Waals surface area contributed by atoms with Crippen LogP contribution in [0.3, 0.4) is 0 Å². The van der Waals surface area contributed by atoms with Crippen LogP contribution in [0.5, 0.6) is 0 Å². The highest BCUT2D eigenvalue weighted by atomic mass is 35.5. The zero-order valence-electron chi connectivity index (χ0n) is 15.7. The van der Waals surface area contributed by atoms with E-state index in [1.54, 1.807) is 29.0 Å². The molecule has 0 saturated heterocycles. The molecule has 1 aliphatic carbocycles. The van der Waals surface area contributed by atoms with Gasteiger partial charge in [-0.1, -0.05) is 29.3 Å². The predicted molar refractivity (Wildman–Crippen MR) is 108 cm³/mol. The van der Waals surface area contributed by atoms with Gasteiger partial charge in [0.15, 0.2) is 6.61 Å². The van der Waals surface area contributed by atoms with E-state index in [1.165, 1.54) is 6.08 Å². The molecule has 0 atom stereocenters. The molecule has 1 amide bonds. The molecule has 1 saturated carbocycles. The Kier molecular flexibility index (Phi) is 6.42. The maximum Gasteiger partial charge on any atom is 0.331 e. The summed E-state index contributed by atoms with van der Waals surface area (Å²) >= 11 is 12.5. The van der Waals surface area contributed by atoms with Gasteiger partial charge in [-0.2, -0.15) is 5.10 Å². The van der Waals surface area contributed by atoms with E-state index in [1.807, 2.05) is 13.8 Å². The lowest BCUT2D eigenvalue weighted by atomic mass is 10.1. The van der Waals surface area contributed by atoms with Crippen molar-refractivity contribution in [2.24, 2.45) is 0 Å². The first kappa shape index (κ1) is 20.4. The van der Waals surface area contributed by atoms with E-state index in [-0.39, 0.29) is 18.6 Å². The van der Waals surface area contributed by atoms with E-state index in [0.29, 0.717) is 16.6 Å². The molecule has 28 heavy (non-hydrogen) atoms. The molecule has 0 bridgehead atoms. The number of rotatable bonds is 7. The monoisotopic (exact) mass is 421 g/mol. The van der Waals surface area contributed by atoms with Gasteiger partial charge in [-0.3, -0.25) is 9.48 Å². The van der Waals surface area contributed by atoms with E-state index < -0.39 is 5.97 Å². The number of aromatic nitrogens is 2. The van der Waals surface area contributed by atoms with Crippen LogP contribution in [0, 0.1) is 13.8 Å². The molecule has 3 rings (SSSR count). The van der Waals surface area contributed by atoms with Gasteiger partial charge in [-0.15, -0.1) is 0 Å². The topological polar surface area (TPSA) is 73.2 Å². The zero-order chi connectivity index (χ0) is 20.3. The van der Waals surface area contributed by atoms with Crippen LogP contribution < -0.4 is 5.32 Å². The summed E-state index contributed by atoms with van der Waals surface area (Å²) < 4.78 is 6.76. The zero-order valence-corrected chi connectivity index (χ0v) is 17.2. The Bertz CT molecular complexity index is 913. The first-order chi connectivity index (χ1) is 13.3. The average molecular weight is 422 g/mol. The summed E-state index contributed by atoms with van der Waals surface area (Å²) in [7, 11) is 0. The van der Waals surface area contributed by atoms with Crippen molar-refractivity contribution in [3.8, 4) is 0 Å². The molecule has 1 aromatic carbocycles. The molecule has 148 valence electrons. The molecule has 1 fully saturated rings. The number of benzene rings is 1. The first-order valence-electron chi connectivity index (χ1n) is 8.96. The molecular weight excluding hydrogens is 401 g/mol. The molecule has 1 N–H and O–H groups in total. The van der Waals surface area contributed by atoms with Crippen LogP contribution in [0.25, 0.3) is 6.08 Å². The number of esters is 1. The fraction of sp³-hybridized carbons (Fsp3) is 0.350. The lowest BCUT2D eigenvalue weighted by Gasteiger charge is -2.09. The summed E-state index contributed by atoms with van der Waals surface area (Å²) in [4.78, 5) is 23.4. The average Bonchev–Trinajstić information content (AvgIpc) is 3.41. The number of hydrogen-bond acceptors (Lipinski definition) is 4. The number of carbonyl (C=O) groups is 2. The molecule has 0 radical (unpaired) electrons. The van der Waals surface area contributed by atoms with Gasteiger partial charge in [0.05, 0.1) is 12.2 Å². The van der Waals surface area contributed by atoms with Crippen molar-refractivity contribution in [2.45, 2.75) is 39.3 Å². The highest BCUT2D eigenvalue weighted by molar-refractivity contribution is 6.35. The number of carbonyl (C=O) groups excluding carboxylic acids is 2. The number of amides is 1. The quantitative estimate of drug-likeness (QED) is 0.546. The summed E-state index contributed by atoms with van der Waals surface area (Å²) in [5.74, 6) is -0.854. The Morgan fingerprint density at radius 3 is 2.61 bits per heavy atom. The predicted octanol–water partition coefficient (Wildman–Crippen LogP) is 3.69. The van der Waals surface area contributed by atoms with Gasteiger partial charge in [0.2, 0.25) is 0 Å².